The first kappa shape index (κ1) is 42.4. The summed E-state index contributed by atoms with van der Waals surface area (Å²) in [4.78, 5) is 4.89. The zero-order chi connectivity index (χ0) is 40.3. The summed E-state index contributed by atoms with van der Waals surface area (Å²) >= 11 is 10.2. The van der Waals surface area contributed by atoms with E-state index in [0.717, 1.165) is 33.5 Å². The molecule has 0 atom stereocenters. The minimum Gasteiger partial charge on any atom is -0.346 e. The first-order valence-corrected chi connectivity index (χ1v) is 20.5. The van der Waals surface area contributed by atoms with Crippen LogP contribution in [-0.2, 0) is 18.9 Å². The van der Waals surface area contributed by atoms with Gasteiger partial charge >= 0.3 is 0 Å². The number of aliphatic imine (C=N–C) groups is 1. The minimum absolute atomic E-state index is 0.254. The van der Waals surface area contributed by atoms with E-state index in [0.29, 0.717) is 67.9 Å². The maximum Gasteiger partial charge on any atom is 0.187 e. The first-order valence-electron chi connectivity index (χ1n) is 18.1. The quantitative estimate of drug-likeness (QED) is 0.162. The third kappa shape index (κ3) is 10.7. The van der Waals surface area contributed by atoms with Gasteiger partial charge in [-0.25, -0.2) is 13.8 Å². The molecule has 2 aliphatic heterocycles. The SMILES string of the molecule is Cc1c(F)cc(Br)c(C2OCCO2)c1Br.Cc1c(F)cc(N=C(c2ccccc2)c2ccccc2)c(C2OCCO2)c1Br.N=C(c1ccccc1)c1ccccc1. The highest BCUT2D eigenvalue weighted by Gasteiger charge is 2.28. The van der Waals surface area contributed by atoms with Gasteiger partial charge in [-0.2, -0.15) is 0 Å². The maximum atomic E-state index is 14.6. The molecule has 0 aromatic heterocycles. The number of rotatable bonds is 7. The Balaban J connectivity index is 0.000000159. The van der Waals surface area contributed by atoms with Gasteiger partial charge in [0, 0.05) is 41.7 Å². The lowest BCUT2D eigenvalue weighted by molar-refractivity contribution is -0.0453. The molecule has 0 unspecified atom stereocenters. The predicted octanol–water partition coefficient (Wildman–Crippen LogP) is 12.9. The maximum absolute atomic E-state index is 14.6. The second-order valence-corrected chi connectivity index (χ2v) is 15.3. The van der Waals surface area contributed by atoms with Crippen LogP contribution in [0.5, 0.6) is 0 Å². The second kappa shape index (κ2) is 20.5. The fourth-order valence-electron chi connectivity index (χ4n) is 6.00. The Morgan fingerprint density at radius 3 is 1.32 bits per heavy atom. The summed E-state index contributed by atoms with van der Waals surface area (Å²) in [6, 6.07) is 42.2. The van der Waals surface area contributed by atoms with Crippen LogP contribution in [-0.4, -0.2) is 37.9 Å². The largest absolute Gasteiger partial charge is 0.346 e. The normalized spacial score (nSPS) is 13.9. The van der Waals surface area contributed by atoms with Crippen LogP contribution < -0.4 is 0 Å². The number of halogens is 5. The highest BCUT2D eigenvalue weighted by molar-refractivity contribution is 9.11. The number of nitrogens with zero attached hydrogens (tertiary/aromatic N) is 1. The molecule has 6 aromatic carbocycles. The average Bonchev–Trinajstić information content (AvgIpc) is 3.99. The Bertz CT molecular complexity index is 2220. The van der Waals surface area contributed by atoms with Crippen LogP contribution in [0.15, 0.2) is 152 Å². The van der Waals surface area contributed by atoms with E-state index in [1.165, 1.54) is 12.1 Å². The number of hydrogen-bond acceptors (Lipinski definition) is 6. The van der Waals surface area contributed by atoms with Gasteiger partial charge in [-0.15, -0.1) is 0 Å². The molecule has 1 N–H and O–H groups in total. The lowest BCUT2D eigenvalue weighted by Gasteiger charge is -2.18. The lowest BCUT2D eigenvalue weighted by atomic mass is 10.0. The molecule has 2 heterocycles. The Hall–Kier alpha value is -4.20. The molecule has 2 fully saturated rings. The molecular formula is C46H39Br3F2N2O4. The van der Waals surface area contributed by atoms with Crippen molar-refractivity contribution in [3.63, 3.8) is 0 Å². The van der Waals surface area contributed by atoms with Crippen LogP contribution in [0.2, 0.25) is 0 Å². The molecule has 6 nitrogen and oxygen atoms in total. The van der Waals surface area contributed by atoms with Crippen molar-refractivity contribution in [1.29, 1.82) is 5.41 Å². The van der Waals surface area contributed by atoms with Crippen molar-refractivity contribution in [3.05, 3.63) is 203 Å². The zero-order valence-electron chi connectivity index (χ0n) is 31.2. The minimum atomic E-state index is -0.569. The fraction of sp³-hybridized carbons (Fsp3) is 0.174. The molecule has 57 heavy (non-hydrogen) atoms. The van der Waals surface area contributed by atoms with Gasteiger partial charge in [-0.05, 0) is 74.0 Å². The van der Waals surface area contributed by atoms with Crippen LogP contribution >= 0.6 is 47.8 Å². The Morgan fingerprint density at radius 2 is 0.895 bits per heavy atom. The van der Waals surface area contributed by atoms with Crippen LogP contribution in [0.4, 0.5) is 14.5 Å². The molecule has 8 rings (SSSR count). The van der Waals surface area contributed by atoms with E-state index in [2.05, 4.69) is 47.8 Å². The van der Waals surface area contributed by atoms with Gasteiger partial charge in [-0.1, -0.05) is 137 Å². The smallest absolute Gasteiger partial charge is 0.187 e. The standard InChI is InChI=1S/C23H19BrFNO2.C13H11N.C10H9Br2FO2/c1-15-18(25)14-19(20(21(15)24)23-27-12-13-28-23)26-22(16-8-4-2-5-9-16)17-10-6-3-7-11-17;14-13(11-7-3-1-4-8-11)12-9-5-2-6-10-12;1-5-7(13)4-6(11)8(9(5)12)10-14-2-3-15-10/h2-11,14,23H,12-13H2,1H3;1-10,14H;4,10H,2-3H2,1H3. The van der Waals surface area contributed by atoms with Gasteiger partial charge in [-0.3, -0.25) is 5.41 Å². The van der Waals surface area contributed by atoms with Crippen molar-refractivity contribution in [2.24, 2.45) is 4.99 Å². The Kier molecular flexibility index (Phi) is 15.2. The third-order valence-corrected chi connectivity index (χ3v) is 11.8. The monoisotopic (exact) mass is 958 g/mol. The molecule has 0 spiro atoms. The molecular weight excluding hydrogens is 922 g/mol. The van der Waals surface area contributed by atoms with Gasteiger partial charge in [0.1, 0.15) is 11.6 Å². The average molecular weight is 962 g/mol. The van der Waals surface area contributed by atoms with Crippen molar-refractivity contribution in [2.75, 3.05) is 26.4 Å². The van der Waals surface area contributed by atoms with Gasteiger partial charge in [0.2, 0.25) is 0 Å². The van der Waals surface area contributed by atoms with Gasteiger partial charge < -0.3 is 18.9 Å². The number of hydrogen-bond donors (Lipinski definition) is 1. The summed E-state index contributed by atoms with van der Waals surface area (Å²) < 4.78 is 52.1. The Morgan fingerprint density at radius 1 is 0.544 bits per heavy atom. The molecule has 2 saturated heterocycles. The zero-order valence-corrected chi connectivity index (χ0v) is 35.9. The summed E-state index contributed by atoms with van der Waals surface area (Å²) in [5.41, 5.74) is 8.23. The number of ether oxygens (including phenoxy) is 4. The summed E-state index contributed by atoms with van der Waals surface area (Å²) in [6.45, 7) is 5.58. The molecule has 6 aromatic rings. The molecule has 0 bridgehead atoms. The molecule has 11 heteroatoms. The first-order chi connectivity index (χ1) is 27.6. The van der Waals surface area contributed by atoms with Crippen molar-refractivity contribution in [3.8, 4) is 0 Å². The molecule has 0 amide bonds. The van der Waals surface area contributed by atoms with Crippen molar-refractivity contribution in [2.45, 2.75) is 26.4 Å². The highest BCUT2D eigenvalue weighted by atomic mass is 79.9. The van der Waals surface area contributed by atoms with Gasteiger partial charge in [0.05, 0.1) is 43.5 Å². The molecule has 2 aliphatic rings. The number of benzene rings is 6. The molecule has 292 valence electrons. The van der Waals surface area contributed by atoms with Crippen LogP contribution in [0.3, 0.4) is 0 Å². The van der Waals surface area contributed by atoms with Crippen LogP contribution in [0, 0.1) is 30.9 Å². The van der Waals surface area contributed by atoms with Crippen LogP contribution in [0.1, 0.15) is 57.1 Å². The van der Waals surface area contributed by atoms with E-state index in [1.807, 2.05) is 121 Å². The highest BCUT2D eigenvalue weighted by Crippen LogP contribution is 2.41. The van der Waals surface area contributed by atoms with E-state index in [1.54, 1.807) is 13.8 Å². The fourth-order valence-corrected chi connectivity index (χ4v) is 8.02. The van der Waals surface area contributed by atoms with E-state index in [9.17, 15) is 8.78 Å². The van der Waals surface area contributed by atoms with Gasteiger partial charge in [0.25, 0.3) is 0 Å². The third-order valence-electron chi connectivity index (χ3n) is 9.06. The van der Waals surface area contributed by atoms with E-state index < -0.39 is 12.6 Å². The summed E-state index contributed by atoms with van der Waals surface area (Å²) in [7, 11) is 0. The number of nitrogens with one attached hydrogen (secondary N) is 1. The topological polar surface area (TPSA) is 73.1 Å². The van der Waals surface area contributed by atoms with E-state index in [-0.39, 0.29) is 11.6 Å². The van der Waals surface area contributed by atoms with E-state index in [4.69, 9.17) is 29.3 Å². The predicted molar refractivity (Wildman–Crippen MR) is 232 cm³/mol. The summed E-state index contributed by atoms with van der Waals surface area (Å²) in [5.74, 6) is -0.580. The molecule has 0 aliphatic carbocycles. The lowest BCUT2D eigenvalue weighted by Crippen LogP contribution is -2.06. The van der Waals surface area contributed by atoms with Crippen molar-refractivity contribution >= 4 is 64.9 Å². The second-order valence-electron chi connectivity index (χ2n) is 12.9. The molecule has 0 radical (unpaired) electrons. The summed E-state index contributed by atoms with van der Waals surface area (Å²) in [6.07, 6.45) is -0.978. The van der Waals surface area contributed by atoms with E-state index >= 15 is 0 Å². The molecule has 0 saturated carbocycles. The van der Waals surface area contributed by atoms with Crippen molar-refractivity contribution in [1.82, 2.24) is 0 Å². The van der Waals surface area contributed by atoms with Crippen LogP contribution in [0.25, 0.3) is 0 Å². The Labute approximate surface area is 356 Å². The summed E-state index contributed by atoms with van der Waals surface area (Å²) in [5, 5.41) is 7.97. The van der Waals surface area contributed by atoms with Crippen molar-refractivity contribution < 1.29 is 27.7 Å². The van der Waals surface area contributed by atoms with Gasteiger partial charge in [0.15, 0.2) is 12.6 Å².